The summed E-state index contributed by atoms with van der Waals surface area (Å²) in [6.45, 7) is 4.52. The van der Waals surface area contributed by atoms with Gasteiger partial charge in [-0.15, -0.1) is 0 Å². The molecule has 0 unspecified atom stereocenters. The first kappa shape index (κ1) is 16.9. The zero-order chi connectivity index (χ0) is 16.3. The van der Waals surface area contributed by atoms with Crippen molar-refractivity contribution >= 4 is 16.0 Å². The van der Waals surface area contributed by atoms with Gasteiger partial charge in [0.25, 0.3) is 0 Å². The van der Waals surface area contributed by atoms with Gasteiger partial charge >= 0.3 is 5.97 Å². The van der Waals surface area contributed by atoms with E-state index in [1.165, 1.54) is 17.7 Å². The van der Waals surface area contributed by atoms with Crippen LogP contribution in [0, 0.1) is 0 Å². The van der Waals surface area contributed by atoms with Gasteiger partial charge in [0, 0.05) is 32.2 Å². The fourth-order valence-electron chi connectivity index (χ4n) is 2.65. The number of carbonyl (C=O) groups is 1. The Labute approximate surface area is 131 Å². The highest BCUT2D eigenvalue weighted by Crippen LogP contribution is 2.22. The zero-order valence-electron chi connectivity index (χ0n) is 13.2. The summed E-state index contributed by atoms with van der Waals surface area (Å²) in [5, 5.41) is 0. The summed E-state index contributed by atoms with van der Waals surface area (Å²) < 4.78 is 29.2. The van der Waals surface area contributed by atoms with Crippen molar-refractivity contribution in [2.24, 2.45) is 0 Å². The topological polar surface area (TPSA) is 66.9 Å². The smallest absolute Gasteiger partial charge is 0.337 e. The number of benzene rings is 1. The molecule has 2 rings (SSSR count). The maximum absolute atomic E-state index is 11.5. The molecule has 0 aliphatic carbocycles. The van der Waals surface area contributed by atoms with E-state index in [1.54, 1.807) is 12.1 Å². The van der Waals surface area contributed by atoms with Crippen molar-refractivity contribution in [2.45, 2.75) is 13.0 Å². The number of sulfonamides is 1. The van der Waals surface area contributed by atoms with Gasteiger partial charge in [-0.05, 0) is 24.6 Å². The van der Waals surface area contributed by atoms with E-state index in [0.717, 1.165) is 5.56 Å². The van der Waals surface area contributed by atoms with Crippen molar-refractivity contribution in [2.75, 3.05) is 39.5 Å². The zero-order valence-corrected chi connectivity index (χ0v) is 14.0. The predicted molar refractivity (Wildman–Crippen MR) is 84.2 cm³/mol. The molecule has 0 radical (unpaired) electrons. The second-order valence-electron chi connectivity index (χ2n) is 5.49. The third kappa shape index (κ3) is 3.85. The Morgan fingerprint density at radius 2 is 1.68 bits per heavy atom. The second kappa shape index (κ2) is 6.76. The van der Waals surface area contributed by atoms with Gasteiger partial charge in [0.05, 0.1) is 18.9 Å². The molecule has 1 aliphatic heterocycles. The van der Waals surface area contributed by atoms with Crippen LogP contribution in [0.25, 0.3) is 0 Å². The molecule has 0 saturated carbocycles. The normalized spacial score (nSPS) is 18.9. The Balaban J connectivity index is 2.01. The van der Waals surface area contributed by atoms with E-state index >= 15 is 0 Å². The standard InChI is InChI=1S/C15H22N2O4S/c1-12(13-4-6-14(7-5-13)15(18)21-2)16-8-10-17(11-9-16)22(3,19)20/h4-7,12H,8-11H2,1-3H3/t12-/m1/s1. The van der Waals surface area contributed by atoms with Crippen molar-refractivity contribution in [3.05, 3.63) is 35.4 Å². The lowest BCUT2D eigenvalue weighted by atomic mass is 10.0. The van der Waals surface area contributed by atoms with Crippen molar-refractivity contribution in [1.82, 2.24) is 9.21 Å². The van der Waals surface area contributed by atoms with Crippen molar-refractivity contribution in [1.29, 1.82) is 0 Å². The van der Waals surface area contributed by atoms with Crippen LogP contribution in [0.1, 0.15) is 28.9 Å². The quantitative estimate of drug-likeness (QED) is 0.776. The molecule has 6 nitrogen and oxygen atoms in total. The Morgan fingerprint density at radius 3 is 2.14 bits per heavy atom. The molecule has 0 N–H and O–H groups in total. The number of methoxy groups -OCH3 is 1. The number of hydrogen-bond donors (Lipinski definition) is 0. The number of esters is 1. The number of ether oxygens (including phenoxy) is 1. The van der Waals surface area contributed by atoms with Gasteiger partial charge in [0.2, 0.25) is 10.0 Å². The Hall–Kier alpha value is -1.44. The molecular formula is C15H22N2O4S. The minimum absolute atomic E-state index is 0.174. The van der Waals surface area contributed by atoms with E-state index in [2.05, 4.69) is 16.6 Å². The van der Waals surface area contributed by atoms with Crippen LogP contribution in [0.2, 0.25) is 0 Å². The fraction of sp³-hybridized carbons (Fsp3) is 0.533. The van der Waals surface area contributed by atoms with Gasteiger partial charge in [0.1, 0.15) is 0 Å². The number of carbonyl (C=O) groups excluding carboxylic acids is 1. The van der Waals surface area contributed by atoms with Crippen molar-refractivity contribution in [3.63, 3.8) is 0 Å². The van der Waals surface area contributed by atoms with Crippen LogP contribution < -0.4 is 0 Å². The lowest BCUT2D eigenvalue weighted by molar-refractivity contribution is 0.0600. The second-order valence-corrected chi connectivity index (χ2v) is 7.47. The average molecular weight is 326 g/mol. The minimum Gasteiger partial charge on any atom is -0.465 e. The van der Waals surface area contributed by atoms with E-state index in [-0.39, 0.29) is 12.0 Å². The number of hydrogen-bond acceptors (Lipinski definition) is 5. The van der Waals surface area contributed by atoms with E-state index in [9.17, 15) is 13.2 Å². The molecule has 0 spiro atoms. The van der Waals surface area contributed by atoms with Gasteiger partial charge in [-0.2, -0.15) is 4.31 Å². The minimum atomic E-state index is -3.10. The van der Waals surface area contributed by atoms with Gasteiger partial charge in [-0.25, -0.2) is 13.2 Å². The molecule has 1 fully saturated rings. The van der Waals surface area contributed by atoms with Gasteiger partial charge in [-0.3, -0.25) is 4.90 Å². The SMILES string of the molecule is COC(=O)c1ccc([C@@H](C)N2CCN(S(C)(=O)=O)CC2)cc1. The van der Waals surface area contributed by atoms with E-state index in [4.69, 9.17) is 0 Å². The maximum atomic E-state index is 11.5. The molecule has 1 aliphatic rings. The predicted octanol–water partition coefficient (Wildman–Crippen LogP) is 1.11. The molecule has 7 heteroatoms. The first-order valence-electron chi connectivity index (χ1n) is 7.20. The highest BCUT2D eigenvalue weighted by molar-refractivity contribution is 7.88. The molecule has 0 bridgehead atoms. The fourth-order valence-corrected chi connectivity index (χ4v) is 3.48. The molecule has 1 atom stereocenters. The molecule has 1 aromatic rings. The summed E-state index contributed by atoms with van der Waals surface area (Å²) in [6.07, 6.45) is 1.25. The summed E-state index contributed by atoms with van der Waals surface area (Å²) in [5.74, 6) is -0.346. The lowest BCUT2D eigenvalue weighted by Crippen LogP contribution is -2.48. The van der Waals surface area contributed by atoms with E-state index in [0.29, 0.717) is 31.7 Å². The maximum Gasteiger partial charge on any atom is 0.337 e. The summed E-state index contributed by atoms with van der Waals surface area (Å²) in [7, 11) is -1.74. The summed E-state index contributed by atoms with van der Waals surface area (Å²) in [4.78, 5) is 13.7. The monoisotopic (exact) mass is 326 g/mol. The molecule has 22 heavy (non-hydrogen) atoms. The van der Waals surface area contributed by atoms with Gasteiger partial charge < -0.3 is 4.74 Å². The highest BCUT2D eigenvalue weighted by Gasteiger charge is 2.26. The molecule has 0 amide bonds. The van der Waals surface area contributed by atoms with Crippen LogP contribution in [0.3, 0.4) is 0 Å². The van der Waals surface area contributed by atoms with Crippen molar-refractivity contribution in [3.8, 4) is 0 Å². The number of rotatable bonds is 4. The third-order valence-corrected chi connectivity index (χ3v) is 5.41. The van der Waals surface area contributed by atoms with Crippen LogP contribution >= 0.6 is 0 Å². The summed E-state index contributed by atoms with van der Waals surface area (Å²) >= 11 is 0. The first-order chi connectivity index (χ1) is 10.3. The molecule has 1 heterocycles. The van der Waals surface area contributed by atoms with E-state index < -0.39 is 10.0 Å². The van der Waals surface area contributed by atoms with Gasteiger partial charge in [0.15, 0.2) is 0 Å². The lowest BCUT2D eigenvalue weighted by Gasteiger charge is -2.37. The molecule has 1 saturated heterocycles. The third-order valence-electron chi connectivity index (χ3n) is 4.10. The van der Waals surface area contributed by atoms with Crippen LogP contribution in [-0.2, 0) is 14.8 Å². The van der Waals surface area contributed by atoms with Crippen LogP contribution in [-0.4, -0.2) is 63.1 Å². The summed E-state index contributed by atoms with van der Waals surface area (Å²) in [5.41, 5.74) is 1.63. The molecule has 0 aromatic heterocycles. The summed E-state index contributed by atoms with van der Waals surface area (Å²) in [6, 6.07) is 7.52. The van der Waals surface area contributed by atoms with Gasteiger partial charge in [-0.1, -0.05) is 12.1 Å². The molecule has 122 valence electrons. The van der Waals surface area contributed by atoms with Crippen LogP contribution in [0.4, 0.5) is 0 Å². The first-order valence-corrected chi connectivity index (χ1v) is 9.05. The Kier molecular flexibility index (Phi) is 5.20. The molecule has 1 aromatic carbocycles. The highest BCUT2D eigenvalue weighted by atomic mass is 32.2. The Morgan fingerprint density at radius 1 is 1.14 bits per heavy atom. The largest absolute Gasteiger partial charge is 0.465 e. The number of nitrogens with zero attached hydrogens (tertiary/aromatic N) is 2. The average Bonchev–Trinajstić information content (AvgIpc) is 2.53. The molecular weight excluding hydrogens is 304 g/mol. The number of piperazine rings is 1. The van der Waals surface area contributed by atoms with E-state index in [1.807, 2.05) is 12.1 Å². The Bertz CT molecular complexity index is 619. The van der Waals surface area contributed by atoms with Crippen LogP contribution in [0.15, 0.2) is 24.3 Å². The van der Waals surface area contributed by atoms with Crippen molar-refractivity contribution < 1.29 is 17.9 Å². The van der Waals surface area contributed by atoms with Crippen LogP contribution in [0.5, 0.6) is 0 Å².